The summed E-state index contributed by atoms with van der Waals surface area (Å²) in [6.45, 7) is 6.29. The molecule has 26 heavy (non-hydrogen) atoms. The van der Waals surface area contributed by atoms with E-state index in [1.165, 1.54) is 11.1 Å². The van der Waals surface area contributed by atoms with Gasteiger partial charge >= 0.3 is 5.97 Å². The highest BCUT2D eigenvalue weighted by atomic mass is 16.4. The largest absolute Gasteiger partial charge is 0.481 e. The topological polar surface area (TPSA) is 77.8 Å². The molecule has 1 fully saturated rings. The normalized spacial score (nSPS) is 28.7. The Hall–Kier alpha value is -1.13. The molecule has 0 spiro atoms. The predicted octanol–water partition coefficient (Wildman–Crippen LogP) is 4.46. The second-order valence-electron chi connectivity index (χ2n) is 8.30. The zero-order valence-electron chi connectivity index (χ0n) is 16.2. The Morgan fingerprint density at radius 2 is 2.04 bits per heavy atom. The molecule has 0 radical (unpaired) electrons. The molecule has 4 heteroatoms. The number of aliphatic carboxylic acids is 1. The van der Waals surface area contributed by atoms with Crippen LogP contribution in [0.1, 0.15) is 77.6 Å². The Labute approximate surface area is 158 Å². The van der Waals surface area contributed by atoms with E-state index in [0.717, 1.165) is 57.8 Å². The second-order valence-corrected chi connectivity index (χ2v) is 8.30. The summed E-state index contributed by atoms with van der Waals surface area (Å²) < 4.78 is 0. The quantitative estimate of drug-likeness (QED) is 0.353. The van der Waals surface area contributed by atoms with Crippen LogP contribution in [0.4, 0.5) is 0 Å². The lowest BCUT2D eigenvalue weighted by molar-refractivity contribution is -0.137. The molecule has 0 amide bonds. The monoisotopic (exact) mass is 364 g/mol. The van der Waals surface area contributed by atoms with E-state index in [1.54, 1.807) is 0 Å². The van der Waals surface area contributed by atoms with Crippen LogP contribution < -0.4 is 0 Å². The van der Waals surface area contributed by atoms with Gasteiger partial charge in [0.1, 0.15) is 0 Å². The third kappa shape index (κ3) is 5.95. The fourth-order valence-electron chi connectivity index (χ4n) is 4.79. The maximum absolute atomic E-state index is 10.7. The summed E-state index contributed by atoms with van der Waals surface area (Å²) in [7, 11) is 0. The average Bonchev–Trinajstić information content (AvgIpc) is 3.10. The van der Waals surface area contributed by atoms with E-state index in [2.05, 4.69) is 19.6 Å². The summed E-state index contributed by atoms with van der Waals surface area (Å²) in [5.41, 5.74) is 2.60. The van der Waals surface area contributed by atoms with E-state index in [-0.39, 0.29) is 12.3 Å². The van der Waals surface area contributed by atoms with E-state index in [1.807, 2.05) is 0 Å². The van der Waals surface area contributed by atoms with Gasteiger partial charge in [0.05, 0.1) is 12.2 Å². The maximum atomic E-state index is 10.7. The third-order valence-electron chi connectivity index (χ3n) is 6.21. The molecule has 0 aromatic heterocycles. The summed E-state index contributed by atoms with van der Waals surface area (Å²) in [5.74, 6) is -0.0401. The summed E-state index contributed by atoms with van der Waals surface area (Å²) in [6, 6.07) is 0. The van der Waals surface area contributed by atoms with Crippen LogP contribution in [0.2, 0.25) is 0 Å². The summed E-state index contributed by atoms with van der Waals surface area (Å²) in [4.78, 5) is 10.6. The van der Waals surface area contributed by atoms with Crippen LogP contribution >= 0.6 is 0 Å². The summed E-state index contributed by atoms with van der Waals surface area (Å²) in [6.07, 6.45) is 10.8. The SMILES string of the molecule is C=C(CCCC)CCC(O)[C@H]1[C@@H]2CC(CCCCC(=O)O)=C[C@@H]2C[C@@H]1O. The van der Waals surface area contributed by atoms with E-state index >= 15 is 0 Å². The van der Waals surface area contributed by atoms with Gasteiger partial charge in [-0.1, -0.05) is 37.1 Å². The second kappa shape index (κ2) is 10.3. The van der Waals surface area contributed by atoms with E-state index < -0.39 is 18.2 Å². The number of hydrogen-bond acceptors (Lipinski definition) is 3. The molecule has 148 valence electrons. The van der Waals surface area contributed by atoms with Crippen LogP contribution in [0.15, 0.2) is 23.8 Å². The Morgan fingerprint density at radius 3 is 2.73 bits per heavy atom. The van der Waals surface area contributed by atoms with Crippen LogP contribution in [0.25, 0.3) is 0 Å². The molecule has 4 nitrogen and oxygen atoms in total. The number of carbonyl (C=O) groups is 1. The molecule has 2 aliphatic rings. The number of hydrogen-bond donors (Lipinski definition) is 3. The zero-order chi connectivity index (χ0) is 19.1. The molecule has 0 aliphatic heterocycles. The molecule has 2 aliphatic carbocycles. The van der Waals surface area contributed by atoms with Gasteiger partial charge in [0.15, 0.2) is 0 Å². The molecule has 2 rings (SSSR count). The molecule has 0 aromatic carbocycles. The molecule has 0 saturated heterocycles. The van der Waals surface area contributed by atoms with Gasteiger partial charge in [0.2, 0.25) is 0 Å². The van der Waals surface area contributed by atoms with Crippen LogP contribution in [-0.2, 0) is 4.79 Å². The Kier molecular flexibility index (Phi) is 8.36. The maximum Gasteiger partial charge on any atom is 0.303 e. The number of aliphatic hydroxyl groups excluding tert-OH is 2. The van der Waals surface area contributed by atoms with Crippen molar-refractivity contribution in [3.05, 3.63) is 23.8 Å². The highest BCUT2D eigenvalue weighted by Crippen LogP contribution is 2.49. The molecule has 3 N–H and O–H groups in total. The van der Waals surface area contributed by atoms with Crippen molar-refractivity contribution < 1.29 is 20.1 Å². The van der Waals surface area contributed by atoms with Gasteiger partial charge in [-0.15, -0.1) is 0 Å². The number of carboxylic acid groups (broad SMARTS) is 1. The average molecular weight is 365 g/mol. The first kappa shape index (κ1) is 21.2. The van der Waals surface area contributed by atoms with E-state index in [4.69, 9.17) is 5.11 Å². The highest BCUT2D eigenvalue weighted by molar-refractivity contribution is 5.66. The number of allylic oxidation sites excluding steroid dienone is 3. The number of unbranched alkanes of at least 4 members (excludes halogenated alkanes) is 2. The molecule has 5 atom stereocenters. The minimum atomic E-state index is -0.728. The number of fused-ring (bicyclic) bond motifs is 1. The lowest BCUT2D eigenvalue weighted by Gasteiger charge is -2.27. The minimum absolute atomic E-state index is 0.0354. The first-order valence-electron chi connectivity index (χ1n) is 10.4. The van der Waals surface area contributed by atoms with Crippen LogP contribution in [0.3, 0.4) is 0 Å². The summed E-state index contributed by atoms with van der Waals surface area (Å²) >= 11 is 0. The van der Waals surface area contributed by atoms with Crippen LogP contribution in [-0.4, -0.2) is 33.5 Å². The molecule has 1 unspecified atom stereocenters. The van der Waals surface area contributed by atoms with Crippen molar-refractivity contribution >= 4 is 5.97 Å². The van der Waals surface area contributed by atoms with Gasteiger partial charge in [-0.25, -0.2) is 0 Å². The van der Waals surface area contributed by atoms with Gasteiger partial charge in [0.25, 0.3) is 0 Å². The molecule has 0 bridgehead atoms. The van der Waals surface area contributed by atoms with Gasteiger partial charge < -0.3 is 15.3 Å². The minimum Gasteiger partial charge on any atom is -0.481 e. The standard InChI is InChI=1S/C22H36O4/c1-3-4-7-15(2)10-11-19(23)22-18-13-16(8-5-6-9-21(25)26)12-17(18)14-20(22)24/h12,17-20,22-24H,2-11,13-14H2,1H3,(H,25,26)/t17-,18-,19?,20+,22-/m1/s1. The van der Waals surface area contributed by atoms with Gasteiger partial charge in [-0.2, -0.15) is 0 Å². The van der Waals surface area contributed by atoms with Gasteiger partial charge in [0, 0.05) is 12.3 Å². The summed E-state index contributed by atoms with van der Waals surface area (Å²) in [5, 5.41) is 29.9. The fraction of sp³-hybridized carbons (Fsp3) is 0.773. The van der Waals surface area contributed by atoms with Crippen molar-refractivity contribution in [2.24, 2.45) is 17.8 Å². The van der Waals surface area contributed by atoms with Crippen molar-refractivity contribution in [2.75, 3.05) is 0 Å². The lowest BCUT2D eigenvalue weighted by Crippen LogP contribution is -2.32. The highest BCUT2D eigenvalue weighted by Gasteiger charge is 2.47. The number of carboxylic acids is 1. The molecule has 1 saturated carbocycles. The van der Waals surface area contributed by atoms with Gasteiger partial charge in [-0.05, 0) is 69.6 Å². The first-order valence-corrected chi connectivity index (χ1v) is 10.4. The van der Waals surface area contributed by atoms with E-state index in [0.29, 0.717) is 18.3 Å². The van der Waals surface area contributed by atoms with Crippen molar-refractivity contribution in [3.8, 4) is 0 Å². The van der Waals surface area contributed by atoms with Crippen LogP contribution in [0.5, 0.6) is 0 Å². The fourth-order valence-corrected chi connectivity index (χ4v) is 4.79. The zero-order valence-corrected chi connectivity index (χ0v) is 16.2. The smallest absolute Gasteiger partial charge is 0.303 e. The van der Waals surface area contributed by atoms with Crippen molar-refractivity contribution in [3.63, 3.8) is 0 Å². The van der Waals surface area contributed by atoms with Crippen LogP contribution in [0, 0.1) is 17.8 Å². The molecule has 0 heterocycles. The predicted molar refractivity (Wildman–Crippen MR) is 104 cm³/mol. The molecular weight excluding hydrogens is 328 g/mol. The Bertz CT molecular complexity index is 510. The van der Waals surface area contributed by atoms with Crippen molar-refractivity contribution in [1.82, 2.24) is 0 Å². The van der Waals surface area contributed by atoms with Crippen molar-refractivity contribution in [1.29, 1.82) is 0 Å². The number of aliphatic hydroxyl groups is 2. The van der Waals surface area contributed by atoms with E-state index in [9.17, 15) is 15.0 Å². The lowest BCUT2D eigenvalue weighted by atomic mass is 9.83. The Morgan fingerprint density at radius 1 is 1.27 bits per heavy atom. The first-order chi connectivity index (χ1) is 12.4. The Balaban J connectivity index is 1.79. The van der Waals surface area contributed by atoms with Crippen molar-refractivity contribution in [2.45, 2.75) is 89.8 Å². The van der Waals surface area contributed by atoms with Gasteiger partial charge in [-0.3, -0.25) is 4.79 Å². The molecule has 0 aromatic rings. The third-order valence-corrected chi connectivity index (χ3v) is 6.21. The number of rotatable bonds is 12. The molecular formula is C22H36O4.